The Labute approximate surface area is 221 Å². The molecule has 36 heavy (non-hydrogen) atoms. The summed E-state index contributed by atoms with van der Waals surface area (Å²) in [6, 6.07) is 0. The van der Waals surface area contributed by atoms with Gasteiger partial charge in [0, 0.05) is 0 Å². The molecular weight excluding hydrogens is 478 g/mol. The second-order valence-electron chi connectivity index (χ2n) is 10.5. The summed E-state index contributed by atoms with van der Waals surface area (Å²) in [5, 5.41) is 9.94. The van der Waals surface area contributed by atoms with Crippen LogP contribution >= 0.6 is 0 Å². The Morgan fingerprint density at radius 1 is 0.667 bits per heavy atom. The lowest BCUT2D eigenvalue weighted by molar-refractivity contribution is -0.145. The van der Waals surface area contributed by atoms with Crippen LogP contribution in [0.4, 0.5) is 0 Å². The van der Waals surface area contributed by atoms with E-state index in [0.717, 1.165) is 44.9 Å². The Morgan fingerprint density at radius 3 is 1.31 bits per heavy atom. The van der Waals surface area contributed by atoms with E-state index >= 15 is 0 Å². The van der Waals surface area contributed by atoms with E-state index in [4.69, 9.17) is 5.73 Å². The third-order valence-corrected chi connectivity index (χ3v) is 9.06. The first-order valence-electron chi connectivity index (χ1n) is 14.6. The smallest absolute Gasteiger partial charge is 0.328 e. The lowest BCUT2D eigenvalue weighted by Crippen LogP contribution is -2.56. The summed E-state index contributed by atoms with van der Waals surface area (Å²) >= 11 is 0. The van der Waals surface area contributed by atoms with Gasteiger partial charge in [-0.15, -0.1) is 0 Å². The molecule has 0 aliphatic carbocycles. The number of rotatable bonds is 26. The molecule has 0 saturated heterocycles. The summed E-state index contributed by atoms with van der Waals surface area (Å²) in [5.74, 6) is -4.10. The minimum Gasteiger partial charge on any atom is -0.480 e. The first-order valence-corrected chi connectivity index (χ1v) is 16.1. The molecule has 0 spiro atoms. The third-order valence-electron chi connectivity index (χ3n) is 7.48. The zero-order valence-corrected chi connectivity index (χ0v) is 24.0. The lowest BCUT2D eigenvalue weighted by Gasteiger charge is -2.32. The van der Waals surface area contributed by atoms with Crippen molar-refractivity contribution in [3.05, 3.63) is 0 Å². The fraction of sp³-hybridized carbons (Fsp3) is 0.929. The minimum atomic E-state index is -5.04. The molecule has 0 bridgehead atoms. The van der Waals surface area contributed by atoms with Gasteiger partial charge in [-0.1, -0.05) is 142 Å². The van der Waals surface area contributed by atoms with Gasteiger partial charge in [-0.05, 0) is 12.8 Å². The van der Waals surface area contributed by atoms with Gasteiger partial charge in [0.15, 0.2) is 0 Å². The SMILES string of the molecule is CCCCCCCCCCCCC(C(N)=O)C(CCCCCCCCCCCC)(C(=O)O)S(=O)(=O)O. The van der Waals surface area contributed by atoms with Gasteiger partial charge in [-0.25, -0.2) is 0 Å². The van der Waals surface area contributed by atoms with Crippen LogP contribution in [0.2, 0.25) is 0 Å². The van der Waals surface area contributed by atoms with E-state index in [-0.39, 0.29) is 12.8 Å². The highest BCUT2D eigenvalue weighted by Crippen LogP contribution is 2.36. The number of aliphatic carboxylic acids is 1. The van der Waals surface area contributed by atoms with Crippen LogP contribution in [0.25, 0.3) is 0 Å². The predicted octanol–water partition coefficient (Wildman–Crippen LogP) is 7.42. The van der Waals surface area contributed by atoms with E-state index in [0.29, 0.717) is 19.3 Å². The number of carboxylic acids is 1. The Balaban J connectivity index is 4.75. The molecule has 0 aromatic heterocycles. The first kappa shape index (κ1) is 34.9. The van der Waals surface area contributed by atoms with Gasteiger partial charge in [0.05, 0.1) is 5.92 Å². The van der Waals surface area contributed by atoms with E-state index < -0.39 is 32.7 Å². The molecular formula is C28H55NO6S. The second-order valence-corrected chi connectivity index (χ2v) is 12.2. The van der Waals surface area contributed by atoms with Crippen LogP contribution in [0.3, 0.4) is 0 Å². The van der Waals surface area contributed by atoms with Crippen molar-refractivity contribution in [2.24, 2.45) is 11.7 Å². The molecule has 0 aliphatic rings. The van der Waals surface area contributed by atoms with Crippen molar-refractivity contribution in [1.82, 2.24) is 0 Å². The van der Waals surface area contributed by atoms with Crippen molar-refractivity contribution in [1.29, 1.82) is 0 Å². The number of unbranched alkanes of at least 4 members (excludes halogenated alkanes) is 18. The molecule has 0 aromatic carbocycles. The molecule has 0 fully saturated rings. The molecule has 214 valence electrons. The van der Waals surface area contributed by atoms with E-state index in [1.54, 1.807) is 0 Å². The highest BCUT2D eigenvalue weighted by Gasteiger charge is 2.57. The molecule has 1 amide bonds. The van der Waals surface area contributed by atoms with E-state index in [2.05, 4.69) is 13.8 Å². The van der Waals surface area contributed by atoms with E-state index in [9.17, 15) is 27.7 Å². The maximum absolute atomic E-state index is 12.4. The standard InChI is InChI=1S/C28H55NO6S/c1-3-5-7-9-11-13-15-17-19-21-23-25(26(29)30)28(27(31)32,36(33,34)35)24-22-20-18-16-14-12-10-8-6-4-2/h25H,3-24H2,1-2H3,(H2,29,30)(H,31,32)(H,33,34,35). The van der Waals surface area contributed by atoms with Gasteiger partial charge < -0.3 is 10.8 Å². The Kier molecular flexibility index (Phi) is 20.2. The predicted molar refractivity (Wildman–Crippen MR) is 148 cm³/mol. The number of hydrogen-bond acceptors (Lipinski definition) is 4. The van der Waals surface area contributed by atoms with E-state index in [1.807, 2.05) is 0 Å². The fourth-order valence-corrected chi connectivity index (χ4v) is 6.38. The summed E-state index contributed by atoms with van der Waals surface area (Å²) in [6.07, 6.45) is 20.5. The lowest BCUT2D eigenvalue weighted by atomic mass is 9.82. The molecule has 7 nitrogen and oxygen atoms in total. The summed E-state index contributed by atoms with van der Waals surface area (Å²) in [7, 11) is -5.04. The zero-order chi connectivity index (χ0) is 27.3. The second kappa shape index (κ2) is 20.9. The average Bonchev–Trinajstić information content (AvgIpc) is 2.80. The zero-order valence-electron chi connectivity index (χ0n) is 23.1. The van der Waals surface area contributed by atoms with Crippen LogP contribution < -0.4 is 5.73 Å². The van der Waals surface area contributed by atoms with Crippen LogP contribution in [0.1, 0.15) is 155 Å². The monoisotopic (exact) mass is 533 g/mol. The maximum Gasteiger partial charge on any atom is 0.328 e. The van der Waals surface area contributed by atoms with Crippen molar-refractivity contribution < 1.29 is 27.7 Å². The Hall–Kier alpha value is -1.15. The van der Waals surface area contributed by atoms with Crippen molar-refractivity contribution in [2.45, 2.75) is 160 Å². The number of carbonyl (C=O) groups is 2. The van der Waals surface area contributed by atoms with Crippen molar-refractivity contribution in [2.75, 3.05) is 0 Å². The van der Waals surface area contributed by atoms with Gasteiger partial charge in [-0.2, -0.15) is 8.42 Å². The summed E-state index contributed by atoms with van der Waals surface area (Å²) in [5.41, 5.74) is 5.52. The van der Waals surface area contributed by atoms with Crippen LogP contribution in [0, 0.1) is 5.92 Å². The highest BCUT2D eigenvalue weighted by atomic mass is 32.2. The largest absolute Gasteiger partial charge is 0.480 e. The Bertz CT molecular complexity index is 682. The maximum atomic E-state index is 12.4. The van der Waals surface area contributed by atoms with Crippen molar-refractivity contribution in [3.63, 3.8) is 0 Å². The number of amides is 1. The first-order chi connectivity index (χ1) is 17.1. The molecule has 8 heteroatoms. The van der Waals surface area contributed by atoms with Crippen molar-refractivity contribution in [3.8, 4) is 0 Å². The topological polar surface area (TPSA) is 135 Å². The summed E-state index contributed by atoms with van der Waals surface area (Å²) < 4.78 is 32.2. The third kappa shape index (κ3) is 14.0. The van der Waals surface area contributed by atoms with E-state index in [1.165, 1.54) is 64.2 Å². The number of primary amides is 1. The minimum absolute atomic E-state index is 0.0513. The van der Waals surface area contributed by atoms with Gasteiger partial charge >= 0.3 is 5.97 Å². The Morgan fingerprint density at radius 2 is 1.00 bits per heavy atom. The van der Waals surface area contributed by atoms with Gasteiger partial charge in [0.1, 0.15) is 0 Å². The molecule has 4 N–H and O–H groups in total. The number of carbonyl (C=O) groups excluding carboxylic acids is 1. The average molecular weight is 534 g/mol. The molecule has 0 aromatic rings. The fourth-order valence-electron chi connectivity index (χ4n) is 5.17. The van der Waals surface area contributed by atoms with Gasteiger partial charge in [0.2, 0.25) is 10.7 Å². The number of nitrogens with two attached hydrogens (primary N) is 1. The molecule has 2 atom stereocenters. The van der Waals surface area contributed by atoms with Crippen LogP contribution in [0.15, 0.2) is 0 Å². The van der Waals surface area contributed by atoms with Gasteiger partial charge in [-0.3, -0.25) is 14.1 Å². The van der Waals surface area contributed by atoms with Gasteiger partial charge in [0.25, 0.3) is 10.1 Å². The van der Waals surface area contributed by atoms with Crippen LogP contribution in [-0.4, -0.2) is 34.7 Å². The quantitative estimate of drug-likeness (QED) is 0.0782. The molecule has 0 rings (SSSR count). The number of hydrogen-bond donors (Lipinski definition) is 3. The highest BCUT2D eigenvalue weighted by molar-refractivity contribution is 7.88. The van der Waals surface area contributed by atoms with Crippen LogP contribution in [-0.2, 0) is 19.7 Å². The summed E-state index contributed by atoms with van der Waals surface area (Å²) in [4.78, 5) is 24.5. The number of carboxylic acid groups (broad SMARTS) is 1. The molecule has 0 heterocycles. The summed E-state index contributed by atoms with van der Waals surface area (Å²) in [6.45, 7) is 4.38. The molecule has 2 unspecified atom stereocenters. The van der Waals surface area contributed by atoms with Crippen molar-refractivity contribution >= 4 is 22.0 Å². The van der Waals surface area contributed by atoms with Crippen LogP contribution in [0.5, 0.6) is 0 Å². The molecule has 0 aliphatic heterocycles. The molecule has 0 saturated carbocycles. The molecule has 0 radical (unpaired) electrons. The normalized spacial score (nSPS) is 14.4.